The highest BCUT2D eigenvalue weighted by atomic mass is 32.2. The molecule has 8 heteroatoms. The number of fused-ring (bicyclic) bond motifs is 3. The molecule has 1 aliphatic rings. The van der Waals surface area contributed by atoms with Gasteiger partial charge in [0.25, 0.3) is 5.56 Å². The Labute approximate surface area is 196 Å². The van der Waals surface area contributed by atoms with Crippen LogP contribution in [-0.2, 0) is 0 Å². The summed E-state index contributed by atoms with van der Waals surface area (Å²) in [7, 11) is 0. The first kappa shape index (κ1) is 19.6. The van der Waals surface area contributed by atoms with Gasteiger partial charge in [0.15, 0.2) is 0 Å². The third-order valence-electron chi connectivity index (χ3n) is 5.44. The second-order valence-corrected chi connectivity index (χ2v) is 9.45. The smallest absolute Gasteiger partial charge is 0.269 e. The van der Waals surface area contributed by atoms with E-state index in [2.05, 4.69) is 4.98 Å². The number of nitrogens with two attached hydrogens (primary N) is 1. The summed E-state index contributed by atoms with van der Waals surface area (Å²) in [5, 5.41) is 12.0. The van der Waals surface area contributed by atoms with Crippen molar-refractivity contribution in [1.29, 1.82) is 5.26 Å². The molecule has 2 aromatic carbocycles. The van der Waals surface area contributed by atoms with E-state index in [0.717, 1.165) is 37.3 Å². The van der Waals surface area contributed by atoms with Crippen molar-refractivity contribution in [2.24, 2.45) is 0 Å². The molecule has 0 atom stereocenters. The maximum Gasteiger partial charge on any atom is 0.269 e. The number of H-pyrrole nitrogens is 1. The number of nitrogens with one attached hydrogen (secondary N) is 1. The molecule has 5 aromatic rings. The van der Waals surface area contributed by atoms with E-state index in [4.69, 9.17) is 15.5 Å². The van der Waals surface area contributed by atoms with E-state index >= 15 is 0 Å². The van der Waals surface area contributed by atoms with Crippen LogP contribution in [0.25, 0.3) is 32.7 Å². The van der Waals surface area contributed by atoms with Crippen molar-refractivity contribution < 1.29 is 4.74 Å². The molecule has 3 aromatic heterocycles. The van der Waals surface area contributed by atoms with E-state index in [1.165, 1.54) is 0 Å². The monoisotopic (exact) mass is 466 g/mol. The molecule has 0 spiro atoms. The van der Waals surface area contributed by atoms with Crippen molar-refractivity contribution >= 4 is 39.8 Å². The molecule has 6 rings (SSSR count). The fraction of sp³-hybridized carbons (Fsp3) is 0. The number of benzene rings is 2. The highest BCUT2D eigenvalue weighted by molar-refractivity contribution is 7.99. The van der Waals surface area contributed by atoms with Crippen LogP contribution in [0.2, 0.25) is 0 Å². The van der Waals surface area contributed by atoms with Crippen molar-refractivity contribution in [2.45, 2.75) is 9.79 Å². The Morgan fingerprint density at radius 1 is 1.03 bits per heavy atom. The first-order valence-electron chi connectivity index (χ1n) is 10.0. The summed E-state index contributed by atoms with van der Waals surface area (Å²) in [6.07, 6.45) is 0. The van der Waals surface area contributed by atoms with Gasteiger partial charge in [0, 0.05) is 16.0 Å². The zero-order valence-corrected chi connectivity index (χ0v) is 18.6. The molecule has 0 saturated heterocycles. The normalized spacial score (nSPS) is 12.0. The van der Waals surface area contributed by atoms with Crippen LogP contribution in [0.4, 0.5) is 5.69 Å². The zero-order chi connectivity index (χ0) is 22.5. The van der Waals surface area contributed by atoms with Crippen molar-refractivity contribution in [3.63, 3.8) is 0 Å². The number of pyridine rings is 2. The van der Waals surface area contributed by atoms with Gasteiger partial charge >= 0.3 is 0 Å². The number of nitriles is 1. The molecule has 0 amide bonds. The Kier molecular flexibility index (Phi) is 4.47. The maximum atomic E-state index is 12.4. The van der Waals surface area contributed by atoms with Crippen LogP contribution < -0.4 is 16.0 Å². The number of rotatable bonds is 2. The summed E-state index contributed by atoms with van der Waals surface area (Å²) in [5.74, 6) is 1.63. The van der Waals surface area contributed by atoms with Crippen molar-refractivity contribution in [2.75, 3.05) is 5.73 Å². The first-order chi connectivity index (χ1) is 16.1. The van der Waals surface area contributed by atoms with E-state index in [1.807, 2.05) is 72.1 Å². The fourth-order valence-electron chi connectivity index (χ4n) is 3.90. The topological polar surface area (TPSA) is 105 Å². The molecule has 0 aliphatic carbocycles. The Morgan fingerprint density at radius 3 is 2.70 bits per heavy atom. The van der Waals surface area contributed by atoms with E-state index in [9.17, 15) is 10.1 Å². The average molecular weight is 467 g/mol. The molecule has 33 heavy (non-hydrogen) atoms. The third kappa shape index (κ3) is 3.18. The Balaban J connectivity index is 1.56. The van der Waals surface area contributed by atoms with Gasteiger partial charge in [-0.3, -0.25) is 4.79 Å². The largest absolute Gasteiger partial charge is 0.455 e. The number of ether oxygens (including phenoxy) is 1. The lowest BCUT2D eigenvalue weighted by Gasteiger charge is -2.20. The molecule has 0 saturated carbocycles. The average Bonchev–Trinajstić information content (AvgIpc) is 3.37. The summed E-state index contributed by atoms with van der Waals surface area (Å²) in [6.45, 7) is 0. The van der Waals surface area contributed by atoms with Gasteiger partial charge in [-0.25, -0.2) is 4.98 Å². The fourth-order valence-corrected chi connectivity index (χ4v) is 5.64. The van der Waals surface area contributed by atoms with Crippen LogP contribution in [0.15, 0.2) is 80.6 Å². The summed E-state index contributed by atoms with van der Waals surface area (Å²) >= 11 is 3.20. The molecule has 0 radical (unpaired) electrons. The number of nitrogen functional groups attached to an aromatic ring is 1. The molecule has 0 fully saturated rings. The number of nitrogens with zero attached hydrogens (tertiary/aromatic N) is 2. The van der Waals surface area contributed by atoms with Crippen molar-refractivity contribution in [3.8, 4) is 39.3 Å². The second kappa shape index (κ2) is 7.52. The molecule has 6 nitrogen and oxygen atoms in total. The van der Waals surface area contributed by atoms with Crippen LogP contribution in [0.1, 0.15) is 5.56 Å². The van der Waals surface area contributed by atoms with Crippen LogP contribution in [-0.4, -0.2) is 9.97 Å². The van der Waals surface area contributed by atoms with Gasteiger partial charge in [0.05, 0.1) is 26.6 Å². The van der Waals surface area contributed by atoms with Crippen LogP contribution in [0.5, 0.6) is 11.5 Å². The summed E-state index contributed by atoms with van der Waals surface area (Å²) in [5.41, 5.74) is 8.50. The first-order valence-corrected chi connectivity index (χ1v) is 11.7. The number of hydrogen-bond donors (Lipinski definition) is 2. The minimum absolute atomic E-state index is 0.101. The number of thiophene rings is 1. The predicted molar refractivity (Wildman–Crippen MR) is 131 cm³/mol. The zero-order valence-electron chi connectivity index (χ0n) is 17.0. The predicted octanol–water partition coefficient (Wildman–Crippen LogP) is 6.03. The number of para-hydroxylation sites is 1. The van der Waals surface area contributed by atoms with Gasteiger partial charge in [-0.05, 0) is 47.8 Å². The van der Waals surface area contributed by atoms with Gasteiger partial charge in [0.1, 0.15) is 28.8 Å². The van der Waals surface area contributed by atoms with Crippen LogP contribution in [0.3, 0.4) is 0 Å². The Bertz CT molecular complexity index is 1670. The quantitative estimate of drug-likeness (QED) is 0.323. The van der Waals surface area contributed by atoms with Crippen LogP contribution >= 0.6 is 23.1 Å². The Morgan fingerprint density at radius 2 is 1.88 bits per heavy atom. The lowest BCUT2D eigenvalue weighted by atomic mass is 10.0. The van der Waals surface area contributed by atoms with Crippen molar-refractivity contribution in [1.82, 2.24) is 9.97 Å². The van der Waals surface area contributed by atoms with Gasteiger partial charge in [-0.2, -0.15) is 5.26 Å². The van der Waals surface area contributed by atoms with Gasteiger partial charge in [0.2, 0.25) is 0 Å². The minimum atomic E-state index is -0.546. The summed E-state index contributed by atoms with van der Waals surface area (Å²) in [4.78, 5) is 22.9. The van der Waals surface area contributed by atoms with Gasteiger partial charge in [-0.1, -0.05) is 30.0 Å². The lowest BCUT2D eigenvalue weighted by Crippen LogP contribution is -2.14. The highest BCUT2D eigenvalue weighted by Gasteiger charge is 2.21. The molecule has 158 valence electrons. The summed E-state index contributed by atoms with van der Waals surface area (Å²) in [6, 6.07) is 21.6. The molecular weight excluding hydrogens is 452 g/mol. The van der Waals surface area contributed by atoms with Crippen molar-refractivity contribution in [3.05, 3.63) is 82.0 Å². The van der Waals surface area contributed by atoms with E-state index in [1.54, 1.807) is 23.1 Å². The van der Waals surface area contributed by atoms with Gasteiger partial charge in [-0.15, -0.1) is 11.3 Å². The highest BCUT2D eigenvalue weighted by Crippen LogP contribution is 2.48. The number of aromatic amines is 1. The standard InChI is InChI=1S/C25H14N4O2S2/c26-12-15-23(27)22-14(19-6-3-9-32-19)11-16(28-24(22)29-25(15)30)13-7-8-18-21(10-13)33-20-5-2-1-4-17(20)31-18/h1-11H,(H3,27,28,29,30). The molecule has 1 aliphatic heterocycles. The van der Waals surface area contributed by atoms with E-state index in [0.29, 0.717) is 16.7 Å². The molecule has 4 heterocycles. The molecule has 0 bridgehead atoms. The minimum Gasteiger partial charge on any atom is -0.455 e. The van der Waals surface area contributed by atoms with E-state index < -0.39 is 5.56 Å². The second-order valence-electron chi connectivity index (χ2n) is 7.42. The molecule has 3 N–H and O–H groups in total. The van der Waals surface area contributed by atoms with Gasteiger partial charge < -0.3 is 15.5 Å². The number of hydrogen-bond acceptors (Lipinski definition) is 7. The lowest BCUT2D eigenvalue weighted by molar-refractivity contribution is 0.454. The maximum absolute atomic E-state index is 12.4. The van der Waals surface area contributed by atoms with E-state index in [-0.39, 0.29) is 11.3 Å². The SMILES string of the molecule is N#Cc1c(N)c2c(-c3cccs3)cc(-c3ccc4c(c3)Sc3ccccc3O4)nc2[nH]c1=O. The Hall–Kier alpha value is -4.06. The van der Waals surface area contributed by atoms with Crippen LogP contribution in [0, 0.1) is 11.3 Å². The summed E-state index contributed by atoms with van der Waals surface area (Å²) < 4.78 is 6.04. The number of aromatic nitrogens is 2. The number of anilines is 1. The molecule has 0 unspecified atom stereocenters. The third-order valence-corrected chi connectivity index (χ3v) is 7.44. The molecular formula is C25H14N4O2S2.